The number of nitrogens with zero attached hydrogens (tertiary/aromatic N) is 4. The first-order valence-corrected chi connectivity index (χ1v) is 8.37. The minimum Gasteiger partial charge on any atom is -0.341 e. The highest BCUT2D eigenvalue weighted by atomic mass is 16.7. The Morgan fingerprint density at radius 3 is 2.12 bits per heavy atom. The lowest BCUT2D eigenvalue weighted by molar-refractivity contribution is -0.174. The van der Waals surface area contributed by atoms with Gasteiger partial charge in [0.1, 0.15) is 0 Å². The third kappa shape index (κ3) is 2.79. The molecule has 1 aromatic heterocycles. The maximum absolute atomic E-state index is 12.4. The van der Waals surface area contributed by atoms with Gasteiger partial charge in [-0.2, -0.15) is 0 Å². The topological polar surface area (TPSA) is 92.7 Å². The van der Waals surface area contributed by atoms with E-state index < -0.39 is 17.8 Å². The van der Waals surface area contributed by atoms with Gasteiger partial charge in [-0.05, 0) is 31.0 Å². The summed E-state index contributed by atoms with van der Waals surface area (Å²) < 4.78 is 0. The number of amides is 2. The number of benzene rings is 1. The van der Waals surface area contributed by atoms with Crippen molar-refractivity contribution in [3.8, 4) is 0 Å². The molecular weight excluding hydrogens is 336 g/mol. The summed E-state index contributed by atoms with van der Waals surface area (Å²) in [7, 11) is 0. The number of carbonyl (C=O) groups excluding carboxylic acids is 3. The van der Waals surface area contributed by atoms with Gasteiger partial charge in [-0.15, -0.1) is 0 Å². The molecule has 0 unspecified atom stereocenters. The number of rotatable bonds is 3. The third-order valence-electron chi connectivity index (χ3n) is 4.60. The van der Waals surface area contributed by atoms with Crippen LogP contribution in [-0.2, 0) is 9.63 Å². The third-order valence-corrected chi connectivity index (χ3v) is 4.60. The molecule has 3 heterocycles. The van der Waals surface area contributed by atoms with Gasteiger partial charge in [0, 0.05) is 25.5 Å². The molecule has 4 rings (SSSR count). The maximum atomic E-state index is 12.4. The van der Waals surface area contributed by atoms with Crippen LogP contribution in [0, 0.1) is 5.92 Å². The normalized spacial score (nSPS) is 17.4. The van der Waals surface area contributed by atoms with Crippen molar-refractivity contribution in [3.63, 3.8) is 0 Å². The minimum absolute atomic E-state index is 0.251. The zero-order valence-corrected chi connectivity index (χ0v) is 13.9. The average molecular weight is 352 g/mol. The highest BCUT2D eigenvalue weighted by Gasteiger charge is 2.40. The molecule has 0 radical (unpaired) electrons. The van der Waals surface area contributed by atoms with Crippen molar-refractivity contribution in [3.05, 3.63) is 53.9 Å². The lowest BCUT2D eigenvalue weighted by Crippen LogP contribution is -2.41. The molecule has 0 atom stereocenters. The van der Waals surface area contributed by atoms with Gasteiger partial charge in [-0.25, -0.2) is 14.8 Å². The molecule has 1 fully saturated rings. The van der Waals surface area contributed by atoms with Crippen LogP contribution in [0.15, 0.2) is 42.7 Å². The second kappa shape index (κ2) is 6.55. The lowest BCUT2D eigenvalue weighted by atomic mass is 9.97. The van der Waals surface area contributed by atoms with E-state index in [0.29, 0.717) is 36.9 Å². The van der Waals surface area contributed by atoms with Crippen LogP contribution in [0.2, 0.25) is 0 Å². The van der Waals surface area contributed by atoms with E-state index in [2.05, 4.69) is 9.97 Å². The first-order valence-electron chi connectivity index (χ1n) is 8.37. The predicted molar refractivity (Wildman–Crippen MR) is 90.0 cm³/mol. The van der Waals surface area contributed by atoms with Gasteiger partial charge < -0.3 is 9.74 Å². The number of anilines is 1. The predicted octanol–water partition coefficient (Wildman–Crippen LogP) is 1.45. The van der Waals surface area contributed by atoms with Gasteiger partial charge in [-0.1, -0.05) is 17.2 Å². The molecule has 8 nitrogen and oxygen atoms in total. The maximum Gasteiger partial charge on any atom is 0.336 e. The smallest absolute Gasteiger partial charge is 0.336 e. The Morgan fingerprint density at radius 2 is 1.54 bits per heavy atom. The molecule has 1 saturated heterocycles. The molecular formula is C18H16N4O4. The number of imide groups is 1. The Kier molecular flexibility index (Phi) is 4.08. The van der Waals surface area contributed by atoms with E-state index in [1.165, 1.54) is 0 Å². The number of carbonyl (C=O) groups is 3. The molecule has 0 aliphatic carbocycles. The fraction of sp³-hybridized carbons (Fsp3) is 0.278. The Labute approximate surface area is 149 Å². The molecule has 0 bridgehead atoms. The number of aromatic nitrogens is 2. The number of hydrogen-bond donors (Lipinski definition) is 0. The van der Waals surface area contributed by atoms with E-state index in [-0.39, 0.29) is 17.0 Å². The zero-order valence-electron chi connectivity index (χ0n) is 13.9. The molecule has 2 aliphatic heterocycles. The standard InChI is InChI=1S/C18H16N4O4/c23-15-13-4-1-2-5-14(13)16(24)22(15)26-17(25)12-6-10-21(11-7-12)18-19-8-3-9-20-18/h1-5,8-9,12H,6-7,10-11H2. The van der Waals surface area contributed by atoms with Crippen molar-refractivity contribution in [2.75, 3.05) is 18.0 Å². The molecule has 2 aromatic rings. The van der Waals surface area contributed by atoms with Crippen molar-refractivity contribution >= 4 is 23.7 Å². The molecule has 2 amide bonds. The summed E-state index contributed by atoms with van der Waals surface area (Å²) in [6, 6.07) is 8.16. The summed E-state index contributed by atoms with van der Waals surface area (Å²) in [6.07, 6.45) is 4.43. The molecule has 8 heteroatoms. The average Bonchev–Trinajstić information content (AvgIpc) is 2.94. The Hall–Kier alpha value is -3.29. The summed E-state index contributed by atoms with van der Waals surface area (Å²) in [6.45, 7) is 1.21. The van der Waals surface area contributed by atoms with Crippen LogP contribution in [0.1, 0.15) is 33.6 Å². The number of hydrogen-bond acceptors (Lipinski definition) is 7. The fourth-order valence-corrected chi connectivity index (χ4v) is 3.18. The van der Waals surface area contributed by atoms with Crippen LogP contribution in [0.25, 0.3) is 0 Å². The van der Waals surface area contributed by atoms with Gasteiger partial charge >= 0.3 is 5.97 Å². The Morgan fingerprint density at radius 1 is 0.962 bits per heavy atom. The van der Waals surface area contributed by atoms with Crippen LogP contribution in [0.5, 0.6) is 0 Å². The van der Waals surface area contributed by atoms with Crippen molar-refractivity contribution in [1.29, 1.82) is 0 Å². The largest absolute Gasteiger partial charge is 0.341 e. The van der Waals surface area contributed by atoms with E-state index in [1.807, 2.05) is 4.90 Å². The van der Waals surface area contributed by atoms with Crippen LogP contribution in [-0.4, -0.2) is 45.9 Å². The Bertz CT molecular complexity index is 828. The molecule has 1 aromatic carbocycles. The quantitative estimate of drug-likeness (QED) is 0.772. The fourth-order valence-electron chi connectivity index (χ4n) is 3.18. The van der Waals surface area contributed by atoms with Crippen LogP contribution < -0.4 is 4.90 Å². The second-order valence-electron chi connectivity index (χ2n) is 6.17. The van der Waals surface area contributed by atoms with E-state index in [4.69, 9.17) is 4.84 Å². The lowest BCUT2D eigenvalue weighted by Gasteiger charge is -2.31. The van der Waals surface area contributed by atoms with Gasteiger partial charge in [-0.3, -0.25) is 9.59 Å². The summed E-state index contributed by atoms with van der Waals surface area (Å²) in [4.78, 5) is 52.5. The van der Waals surface area contributed by atoms with Gasteiger partial charge in [0.05, 0.1) is 17.0 Å². The molecule has 0 N–H and O–H groups in total. The summed E-state index contributed by atoms with van der Waals surface area (Å²) in [5.74, 6) is -1.52. The summed E-state index contributed by atoms with van der Waals surface area (Å²) in [5.41, 5.74) is 0.502. The van der Waals surface area contributed by atoms with E-state index in [0.717, 1.165) is 0 Å². The highest BCUT2D eigenvalue weighted by Crippen LogP contribution is 2.26. The van der Waals surface area contributed by atoms with Crippen molar-refractivity contribution < 1.29 is 19.2 Å². The molecule has 132 valence electrons. The number of piperidine rings is 1. The van der Waals surface area contributed by atoms with E-state index >= 15 is 0 Å². The monoisotopic (exact) mass is 352 g/mol. The molecule has 0 saturated carbocycles. The second-order valence-corrected chi connectivity index (χ2v) is 6.17. The number of fused-ring (bicyclic) bond motifs is 1. The Balaban J connectivity index is 1.38. The SMILES string of the molecule is O=C(ON1C(=O)c2ccccc2C1=O)C1CCN(c2ncccn2)CC1. The summed E-state index contributed by atoms with van der Waals surface area (Å²) in [5, 5.41) is 0.569. The first-order chi connectivity index (χ1) is 12.6. The van der Waals surface area contributed by atoms with E-state index in [1.54, 1.807) is 42.7 Å². The van der Waals surface area contributed by atoms with Gasteiger partial charge in [0.25, 0.3) is 11.8 Å². The highest BCUT2D eigenvalue weighted by molar-refractivity contribution is 6.20. The van der Waals surface area contributed by atoms with E-state index in [9.17, 15) is 14.4 Å². The van der Waals surface area contributed by atoms with Gasteiger partial charge in [0.2, 0.25) is 5.95 Å². The van der Waals surface area contributed by atoms with Crippen molar-refractivity contribution in [2.24, 2.45) is 5.92 Å². The molecule has 0 spiro atoms. The van der Waals surface area contributed by atoms with Crippen molar-refractivity contribution in [1.82, 2.24) is 15.0 Å². The zero-order chi connectivity index (χ0) is 18.1. The number of hydroxylamine groups is 2. The van der Waals surface area contributed by atoms with Crippen LogP contribution >= 0.6 is 0 Å². The molecule has 26 heavy (non-hydrogen) atoms. The van der Waals surface area contributed by atoms with Crippen LogP contribution in [0.4, 0.5) is 5.95 Å². The van der Waals surface area contributed by atoms with Crippen molar-refractivity contribution in [2.45, 2.75) is 12.8 Å². The first kappa shape index (κ1) is 16.2. The minimum atomic E-state index is -0.603. The van der Waals surface area contributed by atoms with Gasteiger partial charge in [0.15, 0.2) is 0 Å². The molecule has 2 aliphatic rings. The van der Waals surface area contributed by atoms with Crippen LogP contribution in [0.3, 0.4) is 0 Å². The summed E-state index contributed by atoms with van der Waals surface area (Å²) >= 11 is 0.